The quantitative estimate of drug-likeness (QED) is 0.841. The normalized spacial score (nSPS) is 11.6. The maximum atomic E-state index is 13.7. The Labute approximate surface area is 108 Å². The van der Waals surface area contributed by atoms with Crippen LogP contribution in [-0.2, 0) is 0 Å². The molecule has 19 heavy (non-hydrogen) atoms. The number of halogens is 2. The highest BCUT2D eigenvalue weighted by Crippen LogP contribution is 2.24. The van der Waals surface area contributed by atoms with Gasteiger partial charge in [0.1, 0.15) is 6.07 Å². The summed E-state index contributed by atoms with van der Waals surface area (Å²) in [6.45, 7) is 0. The molecule has 0 bridgehead atoms. The van der Waals surface area contributed by atoms with Crippen molar-refractivity contribution in [1.29, 1.82) is 5.26 Å². The Bertz CT molecular complexity index is 673. The summed E-state index contributed by atoms with van der Waals surface area (Å²) in [6.07, 6.45) is 2.97. The Kier molecular flexibility index (Phi) is 3.53. The second kappa shape index (κ2) is 5.27. The first-order valence-corrected chi connectivity index (χ1v) is 5.39. The molecule has 0 unspecified atom stereocenters. The van der Waals surface area contributed by atoms with E-state index in [1.807, 2.05) is 6.07 Å². The van der Waals surface area contributed by atoms with E-state index in [1.54, 1.807) is 12.1 Å². The van der Waals surface area contributed by atoms with Gasteiger partial charge in [-0.2, -0.15) is 5.26 Å². The lowest BCUT2D eigenvalue weighted by Gasteiger charge is -2.07. The number of hydrogen-bond donors (Lipinski definition) is 1. The summed E-state index contributed by atoms with van der Waals surface area (Å²) in [5.74, 6) is -2.08. The van der Waals surface area contributed by atoms with E-state index in [9.17, 15) is 8.78 Å². The molecule has 1 aromatic heterocycles. The maximum Gasteiger partial charge on any atom is 0.168 e. The summed E-state index contributed by atoms with van der Waals surface area (Å²) >= 11 is 0. The molecule has 1 heterocycles. The summed E-state index contributed by atoms with van der Waals surface area (Å²) in [7, 11) is 0. The maximum absolute atomic E-state index is 13.7. The minimum absolute atomic E-state index is 0.0533. The zero-order valence-electron chi connectivity index (χ0n) is 9.77. The minimum atomic E-state index is -1.07. The first-order valence-electron chi connectivity index (χ1n) is 5.39. The first kappa shape index (κ1) is 12.7. The summed E-state index contributed by atoms with van der Waals surface area (Å²) in [5.41, 5.74) is 6.02. The van der Waals surface area contributed by atoms with Gasteiger partial charge in [-0.1, -0.05) is 12.1 Å². The average Bonchev–Trinajstić information content (AvgIpc) is 2.44. The molecule has 2 rings (SSSR count). The fraction of sp³-hybridized carbons (Fsp3) is 0. The average molecular weight is 257 g/mol. The van der Waals surface area contributed by atoms with E-state index in [4.69, 9.17) is 11.0 Å². The monoisotopic (exact) mass is 257 g/mol. The molecule has 0 saturated carbocycles. The minimum Gasteiger partial charge on any atom is -0.397 e. The van der Waals surface area contributed by atoms with Crippen molar-refractivity contribution in [3.05, 3.63) is 65.5 Å². The van der Waals surface area contributed by atoms with Crippen LogP contribution in [0, 0.1) is 23.0 Å². The van der Waals surface area contributed by atoms with Crippen LogP contribution in [0.15, 0.2) is 42.7 Å². The number of aromatic nitrogens is 1. The third-order valence-corrected chi connectivity index (χ3v) is 2.57. The third kappa shape index (κ3) is 2.43. The van der Waals surface area contributed by atoms with Gasteiger partial charge < -0.3 is 5.73 Å². The van der Waals surface area contributed by atoms with E-state index in [1.165, 1.54) is 24.5 Å². The largest absolute Gasteiger partial charge is 0.397 e. The lowest BCUT2D eigenvalue weighted by molar-refractivity contribution is 0.506. The summed E-state index contributed by atoms with van der Waals surface area (Å²) in [5, 5.41) is 9.14. The molecule has 0 atom stereocenters. The number of allylic oxidation sites excluding steroid dienone is 1. The van der Waals surface area contributed by atoms with Crippen molar-refractivity contribution in [1.82, 2.24) is 4.98 Å². The molecule has 0 aliphatic heterocycles. The second-order valence-electron chi connectivity index (χ2n) is 3.74. The molecule has 0 fully saturated rings. The molecule has 2 N–H and O–H groups in total. The molecule has 2 aromatic rings. The molecule has 0 radical (unpaired) electrons. The van der Waals surface area contributed by atoms with Crippen LogP contribution in [0.3, 0.4) is 0 Å². The van der Waals surface area contributed by atoms with E-state index in [2.05, 4.69) is 4.98 Å². The number of rotatable bonds is 2. The SMILES string of the molecule is N#C/C(=C(/N)c1cccc(F)c1F)c1cccnc1. The number of pyridine rings is 1. The molecule has 1 aromatic carbocycles. The predicted molar refractivity (Wildman–Crippen MR) is 67.2 cm³/mol. The van der Waals surface area contributed by atoms with Crippen molar-refractivity contribution in [3.8, 4) is 6.07 Å². The van der Waals surface area contributed by atoms with Crippen LogP contribution >= 0.6 is 0 Å². The van der Waals surface area contributed by atoms with Gasteiger partial charge in [0.25, 0.3) is 0 Å². The van der Waals surface area contributed by atoms with Gasteiger partial charge in [-0.15, -0.1) is 0 Å². The number of benzene rings is 1. The van der Waals surface area contributed by atoms with Crippen LogP contribution in [0.25, 0.3) is 11.3 Å². The number of nitrogens with zero attached hydrogens (tertiary/aromatic N) is 2. The van der Waals surface area contributed by atoms with Crippen LogP contribution < -0.4 is 5.73 Å². The zero-order chi connectivity index (χ0) is 13.8. The topological polar surface area (TPSA) is 62.7 Å². The van der Waals surface area contributed by atoms with Gasteiger partial charge in [0.05, 0.1) is 11.3 Å². The molecule has 94 valence electrons. The Balaban J connectivity index is 2.63. The van der Waals surface area contributed by atoms with Gasteiger partial charge in [-0.05, 0) is 18.2 Å². The molecule has 5 heteroatoms. The van der Waals surface area contributed by atoms with Gasteiger partial charge >= 0.3 is 0 Å². The molecule has 0 saturated heterocycles. The van der Waals surface area contributed by atoms with Gasteiger partial charge in [-0.25, -0.2) is 8.78 Å². The van der Waals surface area contributed by atoms with Gasteiger partial charge in [0, 0.05) is 23.5 Å². The molecule has 0 spiro atoms. The van der Waals surface area contributed by atoms with Crippen LogP contribution in [0.5, 0.6) is 0 Å². The van der Waals surface area contributed by atoms with Crippen molar-refractivity contribution < 1.29 is 8.78 Å². The zero-order valence-corrected chi connectivity index (χ0v) is 9.77. The molecular formula is C14H9F2N3. The number of hydrogen-bond acceptors (Lipinski definition) is 3. The van der Waals surface area contributed by atoms with Crippen molar-refractivity contribution in [2.75, 3.05) is 0 Å². The van der Waals surface area contributed by atoms with Crippen molar-refractivity contribution in [3.63, 3.8) is 0 Å². The van der Waals surface area contributed by atoms with E-state index in [0.717, 1.165) is 6.07 Å². The smallest absolute Gasteiger partial charge is 0.168 e. The lowest BCUT2D eigenvalue weighted by Crippen LogP contribution is -2.04. The molecule has 0 amide bonds. The molecule has 0 aliphatic carbocycles. The summed E-state index contributed by atoms with van der Waals surface area (Å²) < 4.78 is 26.8. The fourth-order valence-corrected chi connectivity index (χ4v) is 1.64. The van der Waals surface area contributed by atoms with E-state index in [-0.39, 0.29) is 16.8 Å². The van der Waals surface area contributed by atoms with Crippen LogP contribution in [0.2, 0.25) is 0 Å². The van der Waals surface area contributed by atoms with E-state index < -0.39 is 11.6 Å². The fourth-order valence-electron chi connectivity index (χ4n) is 1.64. The second-order valence-corrected chi connectivity index (χ2v) is 3.74. The highest BCUT2D eigenvalue weighted by molar-refractivity contribution is 5.95. The van der Waals surface area contributed by atoms with Crippen molar-refractivity contribution >= 4 is 11.3 Å². The van der Waals surface area contributed by atoms with E-state index >= 15 is 0 Å². The highest BCUT2D eigenvalue weighted by Gasteiger charge is 2.14. The Morgan fingerprint density at radius 1 is 1.21 bits per heavy atom. The predicted octanol–water partition coefficient (Wildman–Crippen LogP) is 2.71. The Morgan fingerprint density at radius 2 is 2.00 bits per heavy atom. The lowest BCUT2D eigenvalue weighted by atomic mass is 10.0. The van der Waals surface area contributed by atoms with Gasteiger partial charge in [-0.3, -0.25) is 4.98 Å². The summed E-state index contributed by atoms with van der Waals surface area (Å²) in [6, 6.07) is 8.78. The number of nitriles is 1. The molecular weight excluding hydrogens is 248 g/mol. The van der Waals surface area contributed by atoms with Gasteiger partial charge in [0.15, 0.2) is 11.6 Å². The Morgan fingerprint density at radius 3 is 2.63 bits per heavy atom. The summed E-state index contributed by atoms with van der Waals surface area (Å²) in [4.78, 5) is 3.86. The third-order valence-electron chi connectivity index (χ3n) is 2.57. The standard InChI is InChI=1S/C14H9F2N3/c15-12-5-1-4-10(13(12)16)14(18)11(7-17)9-3-2-6-19-8-9/h1-6,8H,18H2/b14-11-. The van der Waals surface area contributed by atoms with Crippen molar-refractivity contribution in [2.24, 2.45) is 5.73 Å². The van der Waals surface area contributed by atoms with Crippen LogP contribution in [0.1, 0.15) is 11.1 Å². The van der Waals surface area contributed by atoms with Gasteiger partial charge in [0.2, 0.25) is 0 Å². The Hall–Kier alpha value is -2.74. The van der Waals surface area contributed by atoms with Crippen LogP contribution in [-0.4, -0.2) is 4.98 Å². The number of nitrogens with two attached hydrogens (primary N) is 1. The first-order chi connectivity index (χ1) is 9.15. The van der Waals surface area contributed by atoms with Crippen molar-refractivity contribution in [2.45, 2.75) is 0 Å². The highest BCUT2D eigenvalue weighted by atomic mass is 19.2. The molecule has 0 aliphatic rings. The van der Waals surface area contributed by atoms with E-state index in [0.29, 0.717) is 5.56 Å². The molecule has 3 nitrogen and oxygen atoms in total. The van der Waals surface area contributed by atoms with Crippen LogP contribution in [0.4, 0.5) is 8.78 Å².